The first-order chi connectivity index (χ1) is 8.65. The van der Waals surface area contributed by atoms with Gasteiger partial charge in [0.1, 0.15) is 0 Å². The van der Waals surface area contributed by atoms with Gasteiger partial charge >= 0.3 is 0 Å². The molecule has 1 unspecified atom stereocenters. The number of likely N-dealkylation sites (tertiary alicyclic amines) is 1. The van der Waals surface area contributed by atoms with Crippen molar-refractivity contribution in [2.75, 3.05) is 26.1 Å². The van der Waals surface area contributed by atoms with Crippen LogP contribution in [0.3, 0.4) is 0 Å². The van der Waals surface area contributed by atoms with Crippen LogP contribution in [0, 0.1) is 11.7 Å². The van der Waals surface area contributed by atoms with Gasteiger partial charge in [0.2, 0.25) is 0 Å². The minimum absolute atomic E-state index is 0.0916. The first-order valence-electron chi connectivity index (χ1n) is 5.84. The molecule has 0 aromatic heterocycles. The zero-order chi connectivity index (χ0) is 13.1. The molecule has 1 amide bonds. The summed E-state index contributed by atoms with van der Waals surface area (Å²) < 4.78 is 18.1. The van der Waals surface area contributed by atoms with Crippen LogP contribution in [0.25, 0.3) is 0 Å². The summed E-state index contributed by atoms with van der Waals surface area (Å²) in [6, 6.07) is 4.17. The molecule has 1 aliphatic rings. The van der Waals surface area contributed by atoms with Gasteiger partial charge in [0, 0.05) is 24.5 Å². The number of carbonyl (C=O) groups is 1. The molecule has 0 spiro atoms. The van der Waals surface area contributed by atoms with Gasteiger partial charge in [-0.3, -0.25) is 4.79 Å². The van der Waals surface area contributed by atoms with E-state index in [1.54, 1.807) is 4.90 Å². The standard InChI is InChI=1S/C13H15ClFNO2/c1-18-12-6-10(2-3-11(12)15)13(17)16-5-4-9(7-14)8-16/h2-3,6,9H,4-5,7-8H2,1H3. The molecule has 18 heavy (non-hydrogen) atoms. The van der Waals surface area contributed by atoms with Crippen LogP contribution < -0.4 is 4.74 Å². The van der Waals surface area contributed by atoms with Crippen LogP contribution in [0.1, 0.15) is 16.8 Å². The Bertz CT molecular complexity index is 453. The Labute approximate surface area is 110 Å². The number of rotatable bonds is 3. The third-order valence-electron chi connectivity index (χ3n) is 3.19. The van der Waals surface area contributed by atoms with Gasteiger partial charge < -0.3 is 9.64 Å². The number of hydrogen-bond acceptors (Lipinski definition) is 2. The second kappa shape index (κ2) is 5.57. The van der Waals surface area contributed by atoms with Crippen LogP contribution in [0.2, 0.25) is 0 Å². The molecule has 1 heterocycles. The van der Waals surface area contributed by atoms with Crippen molar-refractivity contribution in [1.82, 2.24) is 4.90 Å². The lowest BCUT2D eigenvalue weighted by molar-refractivity contribution is 0.0788. The molecule has 2 rings (SSSR count). The van der Waals surface area contributed by atoms with Gasteiger partial charge in [-0.15, -0.1) is 11.6 Å². The molecule has 98 valence electrons. The molecule has 1 aromatic carbocycles. The summed E-state index contributed by atoms with van der Waals surface area (Å²) in [5, 5.41) is 0. The third-order valence-corrected chi connectivity index (χ3v) is 3.63. The highest BCUT2D eigenvalue weighted by atomic mass is 35.5. The van der Waals surface area contributed by atoms with Crippen LogP contribution in [0.15, 0.2) is 18.2 Å². The van der Waals surface area contributed by atoms with E-state index in [-0.39, 0.29) is 11.7 Å². The smallest absolute Gasteiger partial charge is 0.254 e. The normalized spacial score (nSPS) is 19.1. The van der Waals surface area contributed by atoms with Crippen molar-refractivity contribution in [2.45, 2.75) is 6.42 Å². The van der Waals surface area contributed by atoms with E-state index < -0.39 is 5.82 Å². The average molecular weight is 272 g/mol. The number of amides is 1. The number of carbonyl (C=O) groups excluding carboxylic acids is 1. The van der Waals surface area contributed by atoms with E-state index in [1.807, 2.05) is 0 Å². The lowest BCUT2D eigenvalue weighted by atomic mass is 10.1. The summed E-state index contributed by atoms with van der Waals surface area (Å²) in [5.74, 6) is 0.457. The van der Waals surface area contributed by atoms with Gasteiger partial charge in [-0.1, -0.05) is 0 Å². The maximum Gasteiger partial charge on any atom is 0.254 e. The molecule has 0 N–H and O–H groups in total. The average Bonchev–Trinajstić information content (AvgIpc) is 2.87. The fraction of sp³-hybridized carbons (Fsp3) is 0.462. The number of methoxy groups -OCH3 is 1. The van der Waals surface area contributed by atoms with Crippen molar-refractivity contribution in [3.63, 3.8) is 0 Å². The van der Waals surface area contributed by atoms with E-state index >= 15 is 0 Å². The second-order valence-electron chi connectivity index (χ2n) is 4.41. The molecule has 0 saturated carbocycles. The van der Waals surface area contributed by atoms with E-state index in [4.69, 9.17) is 16.3 Å². The van der Waals surface area contributed by atoms with E-state index in [0.29, 0.717) is 30.5 Å². The van der Waals surface area contributed by atoms with Crippen molar-refractivity contribution in [2.24, 2.45) is 5.92 Å². The van der Waals surface area contributed by atoms with Gasteiger partial charge in [-0.05, 0) is 30.5 Å². The highest BCUT2D eigenvalue weighted by molar-refractivity contribution is 6.18. The van der Waals surface area contributed by atoms with Crippen LogP contribution >= 0.6 is 11.6 Å². The molecule has 1 atom stereocenters. The summed E-state index contributed by atoms with van der Waals surface area (Å²) in [7, 11) is 1.38. The molecule has 1 aliphatic heterocycles. The van der Waals surface area contributed by atoms with Crippen LogP contribution in [0.4, 0.5) is 4.39 Å². The van der Waals surface area contributed by atoms with Crippen molar-refractivity contribution in [3.8, 4) is 5.75 Å². The summed E-state index contributed by atoms with van der Waals surface area (Å²) >= 11 is 5.78. The molecular weight excluding hydrogens is 257 g/mol. The van der Waals surface area contributed by atoms with Crippen molar-refractivity contribution >= 4 is 17.5 Å². The van der Waals surface area contributed by atoms with E-state index in [0.717, 1.165) is 6.42 Å². The molecule has 0 radical (unpaired) electrons. The van der Waals surface area contributed by atoms with E-state index in [1.165, 1.54) is 25.3 Å². The fourth-order valence-corrected chi connectivity index (χ4v) is 2.37. The molecule has 3 nitrogen and oxygen atoms in total. The molecule has 5 heteroatoms. The lowest BCUT2D eigenvalue weighted by Crippen LogP contribution is -2.28. The SMILES string of the molecule is COc1cc(C(=O)N2CCC(CCl)C2)ccc1F. The van der Waals surface area contributed by atoms with Crippen LogP contribution in [-0.2, 0) is 0 Å². The van der Waals surface area contributed by atoms with Crippen LogP contribution in [0.5, 0.6) is 5.75 Å². The largest absolute Gasteiger partial charge is 0.494 e. The predicted molar refractivity (Wildman–Crippen MR) is 67.7 cm³/mol. The minimum atomic E-state index is -0.464. The first-order valence-corrected chi connectivity index (χ1v) is 6.38. The Hall–Kier alpha value is -1.29. The minimum Gasteiger partial charge on any atom is -0.494 e. The Morgan fingerprint density at radius 1 is 1.61 bits per heavy atom. The third kappa shape index (κ3) is 2.58. The van der Waals surface area contributed by atoms with Crippen molar-refractivity contribution in [3.05, 3.63) is 29.6 Å². The molecule has 1 fully saturated rings. The number of halogens is 2. The van der Waals surface area contributed by atoms with Crippen molar-refractivity contribution < 1.29 is 13.9 Å². The van der Waals surface area contributed by atoms with Gasteiger partial charge in [0.05, 0.1) is 7.11 Å². The maximum atomic E-state index is 13.3. The van der Waals surface area contributed by atoms with Crippen LogP contribution in [-0.4, -0.2) is 36.9 Å². The van der Waals surface area contributed by atoms with E-state index in [9.17, 15) is 9.18 Å². The Balaban J connectivity index is 2.14. The number of hydrogen-bond donors (Lipinski definition) is 0. The number of nitrogens with zero attached hydrogens (tertiary/aromatic N) is 1. The fourth-order valence-electron chi connectivity index (χ4n) is 2.12. The first kappa shape index (κ1) is 13.1. The molecule has 0 aliphatic carbocycles. The summed E-state index contributed by atoms with van der Waals surface area (Å²) in [6.07, 6.45) is 0.924. The zero-order valence-electron chi connectivity index (χ0n) is 10.2. The Kier molecular flexibility index (Phi) is 4.07. The monoisotopic (exact) mass is 271 g/mol. The highest BCUT2D eigenvalue weighted by Crippen LogP contribution is 2.23. The molecule has 1 saturated heterocycles. The quantitative estimate of drug-likeness (QED) is 0.791. The number of ether oxygens (including phenoxy) is 1. The topological polar surface area (TPSA) is 29.5 Å². The Morgan fingerprint density at radius 2 is 2.39 bits per heavy atom. The maximum absolute atomic E-state index is 13.3. The van der Waals surface area contributed by atoms with Gasteiger partial charge in [0.15, 0.2) is 11.6 Å². The summed E-state index contributed by atoms with van der Waals surface area (Å²) in [5.41, 5.74) is 0.448. The highest BCUT2D eigenvalue weighted by Gasteiger charge is 2.26. The van der Waals surface area contributed by atoms with E-state index in [2.05, 4.69) is 0 Å². The van der Waals surface area contributed by atoms with Crippen molar-refractivity contribution in [1.29, 1.82) is 0 Å². The number of benzene rings is 1. The van der Waals surface area contributed by atoms with Gasteiger partial charge in [-0.25, -0.2) is 4.39 Å². The van der Waals surface area contributed by atoms with Gasteiger partial charge in [0.25, 0.3) is 5.91 Å². The zero-order valence-corrected chi connectivity index (χ0v) is 10.9. The molecule has 1 aromatic rings. The second-order valence-corrected chi connectivity index (χ2v) is 4.72. The lowest BCUT2D eigenvalue weighted by Gasteiger charge is -2.16. The summed E-state index contributed by atoms with van der Waals surface area (Å²) in [4.78, 5) is 13.9. The number of alkyl halides is 1. The molecular formula is C13H15ClFNO2. The summed E-state index contributed by atoms with van der Waals surface area (Å²) in [6.45, 7) is 1.37. The molecule has 0 bridgehead atoms. The predicted octanol–water partition coefficient (Wildman–Crippen LogP) is 2.54. The van der Waals surface area contributed by atoms with Gasteiger partial charge in [-0.2, -0.15) is 0 Å². The Morgan fingerprint density at radius 3 is 3.00 bits per heavy atom.